The van der Waals surface area contributed by atoms with E-state index in [-0.39, 0.29) is 5.82 Å². The highest BCUT2D eigenvalue weighted by molar-refractivity contribution is 14.1. The summed E-state index contributed by atoms with van der Waals surface area (Å²) in [5.41, 5.74) is 7.76. The third-order valence-corrected chi connectivity index (χ3v) is 3.92. The van der Waals surface area contributed by atoms with Crippen LogP contribution in [0, 0.1) is 9.39 Å². The van der Waals surface area contributed by atoms with Crippen LogP contribution in [0.3, 0.4) is 0 Å². The number of aromatic nitrogens is 3. The molecule has 1 heterocycles. The minimum Gasteiger partial charge on any atom is -0.319 e. The molecule has 2 aromatic rings. The van der Waals surface area contributed by atoms with Gasteiger partial charge in [0, 0.05) is 10.6 Å². The van der Waals surface area contributed by atoms with Crippen LogP contribution in [0.4, 0.5) is 4.39 Å². The molecule has 0 radical (unpaired) electrons. The van der Waals surface area contributed by atoms with Crippen LogP contribution in [0.25, 0.3) is 0 Å². The lowest BCUT2D eigenvalue weighted by atomic mass is 10.1. The van der Waals surface area contributed by atoms with Crippen LogP contribution in [0.15, 0.2) is 22.8 Å². The summed E-state index contributed by atoms with van der Waals surface area (Å²) in [5, 5.41) is 7.76. The third-order valence-electron chi connectivity index (χ3n) is 2.42. The highest BCUT2D eigenvalue weighted by Crippen LogP contribution is 2.28. The van der Waals surface area contributed by atoms with E-state index in [1.165, 1.54) is 12.1 Å². The van der Waals surface area contributed by atoms with E-state index in [0.717, 1.165) is 14.8 Å². The number of nitrogens with two attached hydrogens (primary N) is 1. The van der Waals surface area contributed by atoms with Crippen molar-refractivity contribution in [2.45, 2.75) is 6.04 Å². The summed E-state index contributed by atoms with van der Waals surface area (Å²) >= 11 is 5.37. The molecule has 0 saturated heterocycles. The number of hydrogen-bond acceptors (Lipinski definition) is 3. The molecule has 17 heavy (non-hydrogen) atoms. The van der Waals surface area contributed by atoms with E-state index < -0.39 is 6.04 Å². The molecule has 1 unspecified atom stereocenters. The highest BCUT2D eigenvalue weighted by Gasteiger charge is 2.20. The maximum atomic E-state index is 13.0. The Bertz CT molecular complexity index is 538. The molecule has 0 spiro atoms. The maximum absolute atomic E-state index is 13.0. The minimum atomic E-state index is -0.392. The van der Waals surface area contributed by atoms with Crippen molar-refractivity contribution in [2.24, 2.45) is 12.8 Å². The van der Waals surface area contributed by atoms with Crippen LogP contribution >= 0.6 is 38.5 Å². The van der Waals surface area contributed by atoms with Crippen molar-refractivity contribution < 1.29 is 4.39 Å². The van der Waals surface area contributed by atoms with E-state index >= 15 is 0 Å². The van der Waals surface area contributed by atoms with Gasteiger partial charge in [-0.1, -0.05) is 11.3 Å². The van der Waals surface area contributed by atoms with Gasteiger partial charge in [0.2, 0.25) is 0 Å². The first-order valence-electron chi connectivity index (χ1n) is 4.76. The van der Waals surface area contributed by atoms with Gasteiger partial charge in [0.25, 0.3) is 0 Å². The molecule has 0 bridgehead atoms. The summed E-state index contributed by atoms with van der Waals surface area (Å²) in [4.78, 5) is 0. The molecule has 1 aromatic heterocycles. The molecule has 2 N–H and O–H groups in total. The summed E-state index contributed by atoms with van der Waals surface area (Å²) in [6.45, 7) is 0. The summed E-state index contributed by atoms with van der Waals surface area (Å²) in [6.07, 6.45) is 0. The SMILES string of the molecule is Cn1nnc(Br)c1C(N)c1ccc(F)cc1I. The van der Waals surface area contributed by atoms with E-state index in [1.54, 1.807) is 17.8 Å². The molecular formula is C10H9BrFIN4. The van der Waals surface area contributed by atoms with Crippen LogP contribution in [0.1, 0.15) is 17.3 Å². The summed E-state index contributed by atoms with van der Waals surface area (Å²) in [7, 11) is 1.77. The van der Waals surface area contributed by atoms with E-state index in [0.29, 0.717) is 4.60 Å². The van der Waals surface area contributed by atoms with Gasteiger partial charge < -0.3 is 5.73 Å². The molecule has 0 aliphatic heterocycles. The zero-order valence-corrected chi connectivity index (χ0v) is 12.6. The Kier molecular flexibility index (Phi) is 3.79. The average molecular weight is 411 g/mol. The van der Waals surface area contributed by atoms with Gasteiger partial charge in [0.15, 0.2) is 4.60 Å². The smallest absolute Gasteiger partial charge is 0.153 e. The molecular weight excluding hydrogens is 402 g/mol. The summed E-state index contributed by atoms with van der Waals surface area (Å²) in [5.74, 6) is -0.271. The molecule has 0 amide bonds. The fraction of sp³-hybridized carbons (Fsp3) is 0.200. The van der Waals surface area contributed by atoms with Crippen LogP contribution in [0.2, 0.25) is 0 Å². The highest BCUT2D eigenvalue weighted by atomic mass is 127. The number of aryl methyl sites for hydroxylation is 1. The molecule has 90 valence electrons. The van der Waals surface area contributed by atoms with Crippen molar-refractivity contribution >= 4 is 38.5 Å². The van der Waals surface area contributed by atoms with Crippen LogP contribution in [-0.4, -0.2) is 15.0 Å². The van der Waals surface area contributed by atoms with E-state index in [1.807, 2.05) is 0 Å². The minimum absolute atomic E-state index is 0.271. The number of rotatable bonds is 2. The largest absolute Gasteiger partial charge is 0.319 e. The molecule has 0 aliphatic rings. The second-order valence-corrected chi connectivity index (χ2v) is 5.45. The van der Waals surface area contributed by atoms with Gasteiger partial charge in [0.1, 0.15) is 5.82 Å². The first-order chi connectivity index (χ1) is 8.00. The van der Waals surface area contributed by atoms with Crippen molar-refractivity contribution in [3.63, 3.8) is 0 Å². The number of benzene rings is 1. The topological polar surface area (TPSA) is 56.7 Å². The van der Waals surface area contributed by atoms with Gasteiger partial charge in [-0.3, -0.25) is 0 Å². The standard InChI is InChI=1S/C10H9BrFIN4/c1-17-9(10(11)15-16-17)8(14)6-3-2-5(12)4-7(6)13/h2-4,8H,14H2,1H3. The van der Waals surface area contributed by atoms with Gasteiger partial charge >= 0.3 is 0 Å². The second-order valence-electron chi connectivity index (χ2n) is 3.53. The Morgan fingerprint density at radius 3 is 2.76 bits per heavy atom. The Morgan fingerprint density at radius 2 is 2.24 bits per heavy atom. The number of hydrogen-bond donors (Lipinski definition) is 1. The zero-order valence-electron chi connectivity index (χ0n) is 8.86. The number of nitrogens with zero attached hydrogens (tertiary/aromatic N) is 3. The van der Waals surface area contributed by atoms with Gasteiger partial charge in [-0.15, -0.1) is 5.10 Å². The van der Waals surface area contributed by atoms with Crippen molar-refractivity contribution in [1.29, 1.82) is 0 Å². The lowest BCUT2D eigenvalue weighted by molar-refractivity contribution is 0.621. The van der Waals surface area contributed by atoms with Gasteiger partial charge in [-0.05, 0) is 56.2 Å². The lowest BCUT2D eigenvalue weighted by Crippen LogP contribution is -2.17. The van der Waals surface area contributed by atoms with Gasteiger partial charge in [-0.25, -0.2) is 9.07 Å². The fourth-order valence-corrected chi connectivity index (χ4v) is 2.96. The molecule has 1 aromatic carbocycles. The third kappa shape index (κ3) is 2.50. The molecule has 4 nitrogen and oxygen atoms in total. The normalized spacial score (nSPS) is 12.8. The van der Waals surface area contributed by atoms with Crippen LogP contribution < -0.4 is 5.73 Å². The predicted molar refractivity (Wildman–Crippen MR) is 73.9 cm³/mol. The van der Waals surface area contributed by atoms with Crippen molar-refractivity contribution in [1.82, 2.24) is 15.0 Å². The molecule has 0 fully saturated rings. The quantitative estimate of drug-likeness (QED) is 0.773. The number of halogens is 3. The van der Waals surface area contributed by atoms with Crippen molar-refractivity contribution in [3.05, 3.63) is 43.4 Å². The first kappa shape index (κ1) is 12.9. The van der Waals surface area contributed by atoms with Crippen molar-refractivity contribution in [3.8, 4) is 0 Å². The summed E-state index contributed by atoms with van der Waals surface area (Å²) in [6, 6.07) is 4.14. The molecule has 0 aliphatic carbocycles. The van der Waals surface area contributed by atoms with E-state index in [9.17, 15) is 4.39 Å². The van der Waals surface area contributed by atoms with Crippen LogP contribution in [-0.2, 0) is 7.05 Å². The Morgan fingerprint density at radius 1 is 1.53 bits per heavy atom. The first-order valence-corrected chi connectivity index (χ1v) is 6.63. The van der Waals surface area contributed by atoms with Crippen molar-refractivity contribution in [2.75, 3.05) is 0 Å². The lowest BCUT2D eigenvalue weighted by Gasteiger charge is -2.14. The fourth-order valence-electron chi connectivity index (χ4n) is 1.57. The van der Waals surface area contributed by atoms with Gasteiger partial charge in [-0.2, -0.15) is 0 Å². The van der Waals surface area contributed by atoms with E-state index in [2.05, 4.69) is 48.8 Å². The monoisotopic (exact) mass is 410 g/mol. The Balaban J connectivity index is 2.47. The molecule has 2 rings (SSSR count). The summed E-state index contributed by atoms with van der Waals surface area (Å²) < 4.78 is 16.0. The Labute approximate surface area is 120 Å². The van der Waals surface area contributed by atoms with Crippen LogP contribution in [0.5, 0.6) is 0 Å². The second kappa shape index (κ2) is 4.99. The molecule has 1 atom stereocenters. The van der Waals surface area contributed by atoms with Gasteiger partial charge in [0.05, 0.1) is 11.7 Å². The average Bonchev–Trinajstić information content (AvgIpc) is 2.58. The Hall–Kier alpha value is -0.540. The molecule has 7 heteroatoms. The van der Waals surface area contributed by atoms with E-state index in [4.69, 9.17) is 5.73 Å². The zero-order chi connectivity index (χ0) is 12.6. The molecule has 0 saturated carbocycles. The predicted octanol–water partition coefficient (Wildman–Crippen LogP) is 2.37. The maximum Gasteiger partial charge on any atom is 0.153 e.